The van der Waals surface area contributed by atoms with Crippen molar-refractivity contribution in [2.45, 2.75) is 25.4 Å². The van der Waals surface area contributed by atoms with Crippen molar-refractivity contribution in [1.29, 1.82) is 0 Å². The molecule has 0 atom stereocenters. The zero-order chi connectivity index (χ0) is 20.0. The number of hydrogen-bond acceptors (Lipinski definition) is 6. The van der Waals surface area contributed by atoms with Gasteiger partial charge in [-0.2, -0.15) is 9.61 Å². The standard InChI is InChI=1S/C20H19N7O2/c21-9-11-2-1-3-12(6-11)15-8-17(23-14-4-5-14)27-18(24-15)13(10-22-27)7-16-19(28)26-20(29)25-16/h1-3,6-8,10,14,23H,4-5,9,21H2,(H2,25,26,28,29)/b16-7-. The first-order valence-corrected chi connectivity index (χ1v) is 9.39. The van der Waals surface area contributed by atoms with E-state index in [1.807, 2.05) is 30.3 Å². The molecule has 2 aliphatic rings. The Morgan fingerprint density at radius 3 is 2.83 bits per heavy atom. The fraction of sp³-hybridized carbons (Fsp3) is 0.200. The van der Waals surface area contributed by atoms with E-state index in [2.05, 4.69) is 21.0 Å². The van der Waals surface area contributed by atoms with Crippen molar-refractivity contribution in [1.82, 2.24) is 25.2 Å². The number of amides is 3. The Kier molecular flexibility index (Phi) is 4.02. The van der Waals surface area contributed by atoms with Crippen LogP contribution in [-0.2, 0) is 11.3 Å². The number of carbonyl (C=O) groups is 2. The molecule has 1 aromatic carbocycles. The van der Waals surface area contributed by atoms with Gasteiger partial charge in [-0.25, -0.2) is 9.78 Å². The molecule has 3 aromatic rings. The number of nitrogens with two attached hydrogens (primary N) is 1. The van der Waals surface area contributed by atoms with Crippen molar-refractivity contribution < 1.29 is 9.59 Å². The summed E-state index contributed by atoms with van der Waals surface area (Å²) in [5, 5.41) is 12.6. The number of anilines is 1. The first-order valence-electron chi connectivity index (χ1n) is 9.39. The van der Waals surface area contributed by atoms with Gasteiger partial charge in [-0.3, -0.25) is 10.1 Å². The SMILES string of the molecule is NCc1cccc(-c2cc(NC3CC3)n3ncc(/C=C4\NC(=O)NC4=O)c3n2)c1. The van der Waals surface area contributed by atoms with E-state index in [0.717, 1.165) is 35.5 Å². The molecule has 1 aliphatic carbocycles. The van der Waals surface area contributed by atoms with Crippen LogP contribution in [0.25, 0.3) is 23.0 Å². The van der Waals surface area contributed by atoms with Gasteiger partial charge in [0.2, 0.25) is 0 Å². The largest absolute Gasteiger partial charge is 0.367 e. The molecule has 9 nitrogen and oxygen atoms in total. The number of imide groups is 1. The molecule has 0 radical (unpaired) electrons. The topological polar surface area (TPSA) is 126 Å². The Morgan fingerprint density at radius 1 is 1.24 bits per heavy atom. The van der Waals surface area contributed by atoms with Crippen LogP contribution in [0.2, 0.25) is 0 Å². The van der Waals surface area contributed by atoms with Crippen LogP contribution in [0.4, 0.5) is 10.6 Å². The van der Waals surface area contributed by atoms with Crippen LogP contribution in [0.15, 0.2) is 42.2 Å². The highest BCUT2D eigenvalue weighted by molar-refractivity contribution is 6.14. The molecule has 0 unspecified atom stereocenters. The lowest BCUT2D eigenvalue weighted by atomic mass is 10.1. The summed E-state index contributed by atoms with van der Waals surface area (Å²) in [6, 6.07) is 9.78. The maximum absolute atomic E-state index is 11.9. The smallest absolute Gasteiger partial charge is 0.326 e. The average molecular weight is 389 g/mol. The third kappa shape index (κ3) is 3.32. The predicted octanol–water partition coefficient (Wildman–Crippen LogP) is 1.61. The zero-order valence-electron chi connectivity index (χ0n) is 15.5. The summed E-state index contributed by atoms with van der Waals surface area (Å²) in [5.74, 6) is 0.354. The van der Waals surface area contributed by atoms with E-state index < -0.39 is 11.9 Å². The molecule has 3 heterocycles. The van der Waals surface area contributed by atoms with E-state index in [-0.39, 0.29) is 5.70 Å². The molecule has 2 aromatic heterocycles. The summed E-state index contributed by atoms with van der Waals surface area (Å²) in [4.78, 5) is 28.1. The average Bonchev–Trinajstić information content (AvgIpc) is 3.36. The molecule has 146 valence electrons. The summed E-state index contributed by atoms with van der Waals surface area (Å²) in [6.45, 7) is 0.447. The van der Waals surface area contributed by atoms with Crippen LogP contribution < -0.4 is 21.7 Å². The molecular weight excluding hydrogens is 370 g/mol. The number of benzene rings is 1. The van der Waals surface area contributed by atoms with Gasteiger partial charge in [0.05, 0.1) is 11.9 Å². The Morgan fingerprint density at radius 2 is 2.10 bits per heavy atom. The van der Waals surface area contributed by atoms with Gasteiger partial charge in [-0.1, -0.05) is 18.2 Å². The zero-order valence-corrected chi connectivity index (χ0v) is 15.5. The maximum Gasteiger partial charge on any atom is 0.326 e. The molecule has 1 aliphatic heterocycles. The Bertz CT molecular complexity index is 1180. The minimum Gasteiger partial charge on any atom is -0.367 e. The van der Waals surface area contributed by atoms with Crippen LogP contribution in [-0.4, -0.2) is 32.6 Å². The molecular formula is C20H19N7O2. The molecule has 5 N–H and O–H groups in total. The van der Waals surface area contributed by atoms with E-state index in [9.17, 15) is 9.59 Å². The van der Waals surface area contributed by atoms with Gasteiger partial charge in [0.1, 0.15) is 11.5 Å². The van der Waals surface area contributed by atoms with E-state index in [0.29, 0.717) is 23.8 Å². The minimum absolute atomic E-state index is 0.166. The minimum atomic E-state index is -0.541. The van der Waals surface area contributed by atoms with Crippen LogP contribution >= 0.6 is 0 Å². The van der Waals surface area contributed by atoms with Crippen molar-refractivity contribution in [3.05, 3.63) is 53.4 Å². The second-order valence-electron chi connectivity index (χ2n) is 7.15. The van der Waals surface area contributed by atoms with Gasteiger partial charge in [-0.05, 0) is 30.5 Å². The number of fused-ring (bicyclic) bond motifs is 1. The molecule has 29 heavy (non-hydrogen) atoms. The number of urea groups is 1. The first-order chi connectivity index (χ1) is 14.1. The summed E-state index contributed by atoms with van der Waals surface area (Å²) >= 11 is 0. The molecule has 0 bridgehead atoms. The summed E-state index contributed by atoms with van der Waals surface area (Å²) in [6.07, 6.45) is 5.44. The molecule has 0 spiro atoms. The third-order valence-corrected chi connectivity index (χ3v) is 4.91. The molecule has 5 rings (SSSR count). The molecule has 1 saturated heterocycles. The van der Waals surface area contributed by atoms with E-state index >= 15 is 0 Å². The molecule has 2 fully saturated rings. The first kappa shape index (κ1) is 17.4. The lowest BCUT2D eigenvalue weighted by Gasteiger charge is -2.11. The van der Waals surface area contributed by atoms with Gasteiger partial charge >= 0.3 is 6.03 Å². The number of carbonyl (C=O) groups excluding carboxylic acids is 2. The number of nitrogens with one attached hydrogen (secondary N) is 3. The number of rotatable bonds is 5. The van der Waals surface area contributed by atoms with Gasteiger partial charge in [-0.15, -0.1) is 0 Å². The third-order valence-electron chi connectivity index (χ3n) is 4.91. The molecule has 3 amide bonds. The number of aromatic nitrogens is 3. The van der Waals surface area contributed by atoms with Crippen molar-refractivity contribution in [2.24, 2.45) is 5.73 Å². The second-order valence-corrected chi connectivity index (χ2v) is 7.15. The Labute approximate surface area is 166 Å². The normalized spacial score (nSPS) is 17.6. The summed E-state index contributed by atoms with van der Waals surface area (Å²) in [7, 11) is 0. The van der Waals surface area contributed by atoms with E-state index in [4.69, 9.17) is 10.7 Å². The van der Waals surface area contributed by atoms with Crippen LogP contribution in [0.5, 0.6) is 0 Å². The highest BCUT2D eigenvalue weighted by atomic mass is 16.2. The number of nitrogens with zero attached hydrogens (tertiary/aromatic N) is 3. The van der Waals surface area contributed by atoms with Crippen molar-refractivity contribution >= 4 is 29.5 Å². The second kappa shape index (κ2) is 6.71. The van der Waals surface area contributed by atoms with Gasteiger partial charge in [0.25, 0.3) is 5.91 Å². The summed E-state index contributed by atoms with van der Waals surface area (Å²) in [5.41, 5.74) is 9.91. The van der Waals surface area contributed by atoms with Crippen LogP contribution in [0.1, 0.15) is 24.0 Å². The monoisotopic (exact) mass is 389 g/mol. The van der Waals surface area contributed by atoms with E-state index in [1.54, 1.807) is 16.8 Å². The van der Waals surface area contributed by atoms with Gasteiger partial charge in [0, 0.05) is 29.8 Å². The Hall–Kier alpha value is -3.72. The fourth-order valence-corrected chi connectivity index (χ4v) is 3.26. The van der Waals surface area contributed by atoms with Crippen LogP contribution in [0.3, 0.4) is 0 Å². The van der Waals surface area contributed by atoms with Gasteiger partial charge < -0.3 is 16.4 Å². The Balaban J connectivity index is 1.65. The summed E-state index contributed by atoms with van der Waals surface area (Å²) < 4.78 is 1.72. The van der Waals surface area contributed by atoms with Gasteiger partial charge in [0.15, 0.2) is 5.65 Å². The lowest BCUT2D eigenvalue weighted by Crippen LogP contribution is -2.22. The highest BCUT2D eigenvalue weighted by Gasteiger charge is 2.25. The quantitative estimate of drug-likeness (QED) is 0.388. The van der Waals surface area contributed by atoms with E-state index in [1.165, 1.54) is 0 Å². The molecule has 1 saturated carbocycles. The number of hydrogen-bond donors (Lipinski definition) is 4. The molecule has 9 heteroatoms. The fourth-order valence-electron chi connectivity index (χ4n) is 3.26. The van der Waals surface area contributed by atoms with Crippen molar-refractivity contribution in [3.63, 3.8) is 0 Å². The van der Waals surface area contributed by atoms with Crippen molar-refractivity contribution in [2.75, 3.05) is 5.32 Å². The predicted molar refractivity (Wildman–Crippen MR) is 108 cm³/mol. The van der Waals surface area contributed by atoms with Crippen molar-refractivity contribution in [3.8, 4) is 11.3 Å². The maximum atomic E-state index is 11.9. The highest BCUT2D eigenvalue weighted by Crippen LogP contribution is 2.29. The van der Waals surface area contributed by atoms with Crippen LogP contribution in [0, 0.1) is 0 Å². The lowest BCUT2D eigenvalue weighted by molar-refractivity contribution is -0.115.